The minimum Gasteiger partial charge on any atom is -0.497 e. The van der Waals surface area contributed by atoms with Gasteiger partial charge in [-0.15, -0.1) is 0 Å². The molecule has 0 fully saturated rings. The molecule has 1 aromatic rings. The predicted octanol–water partition coefficient (Wildman–Crippen LogP) is 1.52. The van der Waals surface area contributed by atoms with Crippen molar-refractivity contribution in [1.82, 2.24) is 5.32 Å². The van der Waals surface area contributed by atoms with E-state index in [4.69, 9.17) is 4.74 Å². The lowest BCUT2D eigenvalue weighted by atomic mass is 9.78. The average molecular weight is 235 g/mol. The fraction of sp³-hybridized carbons (Fsp3) is 0.571. The lowest BCUT2D eigenvalue weighted by molar-refractivity contribution is 0.147. The van der Waals surface area contributed by atoms with Gasteiger partial charge in [-0.2, -0.15) is 0 Å². The highest BCUT2D eigenvalue weighted by Crippen LogP contribution is 2.30. The second-order valence-electron chi connectivity index (χ2n) is 4.78. The Labute approximate surface area is 103 Å². The Morgan fingerprint density at radius 3 is 2.88 bits per heavy atom. The van der Waals surface area contributed by atoms with Crippen LogP contribution in [0.5, 0.6) is 5.75 Å². The largest absolute Gasteiger partial charge is 0.497 e. The maximum Gasteiger partial charge on any atom is 0.119 e. The zero-order valence-electron chi connectivity index (χ0n) is 10.6. The maximum absolute atomic E-state index is 9.63. The van der Waals surface area contributed by atoms with Crippen LogP contribution in [0.3, 0.4) is 0 Å². The standard InChI is InChI=1S/C14H21NO2/c1-3-15-14(10-16)7-6-11-4-5-13(17-2)8-12(11)9-14/h4-5,8,15-16H,3,6-7,9-10H2,1-2H3. The maximum atomic E-state index is 9.63. The van der Waals surface area contributed by atoms with Crippen molar-refractivity contribution in [2.45, 2.75) is 31.7 Å². The summed E-state index contributed by atoms with van der Waals surface area (Å²) in [6, 6.07) is 6.25. The molecule has 0 amide bonds. The average Bonchev–Trinajstić information content (AvgIpc) is 2.38. The number of hydrogen-bond donors (Lipinski definition) is 2. The van der Waals surface area contributed by atoms with Gasteiger partial charge in [0.25, 0.3) is 0 Å². The van der Waals surface area contributed by atoms with Crippen molar-refractivity contribution in [2.75, 3.05) is 20.3 Å². The van der Waals surface area contributed by atoms with E-state index in [1.54, 1.807) is 7.11 Å². The monoisotopic (exact) mass is 235 g/mol. The van der Waals surface area contributed by atoms with E-state index in [9.17, 15) is 5.11 Å². The molecule has 0 radical (unpaired) electrons. The third-order valence-electron chi connectivity index (χ3n) is 3.67. The van der Waals surface area contributed by atoms with Gasteiger partial charge in [0, 0.05) is 5.54 Å². The number of aryl methyl sites for hydroxylation is 1. The van der Waals surface area contributed by atoms with Crippen LogP contribution in [-0.2, 0) is 12.8 Å². The number of likely N-dealkylation sites (N-methyl/N-ethyl adjacent to an activating group) is 1. The highest BCUT2D eigenvalue weighted by atomic mass is 16.5. The molecule has 0 aromatic heterocycles. The first-order valence-electron chi connectivity index (χ1n) is 6.25. The molecule has 0 saturated carbocycles. The molecular formula is C14H21NO2. The van der Waals surface area contributed by atoms with Crippen molar-refractivity contribution in [3.63, 3.8) is 0 Å². The van der Waals surface area contributed by atoms with Crippen molar-refractivity contribution in [3.05, 3.63) is 29.3 Å². The minimum atomic E-state index is -0.145. The number of ether oxygens (including phenoxy) is 1. The molecule has 1 aliphatic carbocycles. The van der Waals surface area contributed by atoms with E-state index in [2.05, 4.69) is 24.4 Å². The molecule has 3 heteroatoms. The van der Waals surface area contributed by atoms with Crippen molar-refractivity contribution in [3.8, 4) is 5.75 Å². The summed E-state index contributed by atoms with van der Waals surface area (Å²) in [4.78, 5) is 0. The Morgan fingerprint density at radius 2 is 2.24 bits per heavy atom. The Balaban J connectivity index is 2.26. The number of nitrogens with one attached hydrogen (secondary N) is 1. The fourth-order valence-electron chi connectivity index (χ4n) is 2.68. The summed E-state index contributed by atoms with van der Waals surface area (Å²) in [5.41, 5.74) is 2.53. The molecule has 2 N–H and O–H groups in total. The van der Waals surface area contributed by atoms with Crippen molar-refractivity contribution >= 4 is 0 Å². The zero-order valence-corrected chi connectivity index (χ0v) is 10.6. The summed E-state index contributed by atoms with van der Waals surface area (Å²) in [7, 11) is 1.69. The molecule has 0 bridgehead atoms. The summed E-state index contributed by atoms with van der Waals surface area (Å²) in [5.74, 6) is 0.897. The topological polar surface area (TPSA) is 41.5 Å². The van der Waals surface area contributed by atoms with E-state index in [0.29, 0.717) is 0 Å². The van der Waals surface area contributed by atoms with E-state index < -0.39 is 0 Å². The van der Waals surface area contributed by atoms with E-state index >= 15 is 0 Å². The van der Waals surface area contributed by atoms with Crippen molar-refractivity contribution in [2.24, 2.45) is 0 Å². The molecule has 1 atom stereocenters. The zero-order chi connectivity index (χ0) is 12.3. The Hall–Kier alpha value is -1.06. The van der Waals surface area contributed by atoms with Gasteiger partial charge in [-0.1, -0.05) is 13.0 Å². The van der Waals surface area contributed by atoms with Crippen LogP contribution in [0.25, 0.3) is 0 Å². The van der Waals surface area contributed by atoms with Crippen molar-refractivity contribution in [1.29, 1.82) is 0 Å². The third-order valence-corrected chi connectivity index (χ3v) is 3.67. The summed E-state index contributed by atoms with van der Waals surface area (Å²) < 4.78 is 5.26. The van der Waals surface area contributed by atoms with Crippen LogP contribution in [0, 0.1) is 0 Å². The normalized spacial score (nSPS) is 23.2. The van der Waals surface area contributed by atoms with E-state index in [1.165, 1.54) is 11.1 Å². The van der Waals surface area contributed by atoms with Crippen LogP contribution in [0.2, 0.25) is 0 Å². The van der Waals surface area contributed by atoms with Crippen LogP contribution >= 0.6 is 0 Å². The molecule has 94 valence electrons. The first-order valence-corrected chi connectivity index (χ1v) is 6.25. The smallest absolute Gasteiger partial charge is 0.119 e. The molecule has 0 heterocycles. The Morgan fingerprint density at radius 1 is 1.41 bits per heavy atom. The summed E-state index contributed by atoms with van der Waals surface area (Å²) in [5, 5.41) is 13.1. The molecule has 17 heavy (non-hydrogen) atoms. The molecule has 0 saturated heterocycles. The highest BCUT2D eigenvalue weighted by Gasteiger charge is 2.32. The number of aliphatic hydroxyl groups excluding tert-OH is 1. The second kappa shape index (κ2) is 5.07. The van der Waals surface area contributed by atoms with Crippen LogP contribution in [-0.4, -0.2) is 30.9 Å². The molecule has 1 unspecified atom stereocenters. The lowest BCUT2D eigenvalue weighted by Crippen LogP contribution is -2.52. The fourth-order valence-corrected chi connectivity index (χ4v) is 2.68. The molecule has 0 aliphatic heterocycles. The van der Waals surface area contributed by atoms with Gasteiger partial charge in [-0.25, -0.2) is 0 Å². The van der Waals surface area contributed by atoms with Gasteiger partial charge in [-0.05, 0) is 49.1 Å². The van der Waals surface area contributed by atoms with E-state index in [1.807, 2.05) is 6.07 Å². The van der Waals surface area contributed by atoms with E-state index in [0.717, 1.165) is 31.6 Å². The number of fused-ring (bicyclic) bond motifs is 1. The van der Waals surface area contributed by atoms with Gasteiger partial charge < -0.3 is 15.2 Å². The van der Waals surface area contributed by atoms with Gasteiger partial charge in [0.2, 0.25) is 0 Å². The number of rotatable bonds is 4. The lowest BCUT2D eigenvalue weighted by Gasteiger charge is -2.37. The summed E-state index contributed by atoms with van der Waals surface area (Å²) in [6.45, 7) is 3.16. The molecular weight excluding hydrogens is 214 g/mol. The summed E-state index contributed by atoms with van der Waals surface area (Å²) >= 11 is 0. The number of benzene rings is 1. The summed E-state index contributed by atoms with van der Waals surface area (Å²) in [6.07, 6.45) is 2.90. The second-order valence-corrected chi connectivity index (χ2v) is 4.78. The Bertz CT molecular complexity index is 392. The molecule has 3 nitrogen and oxygen atoms in total. The van der Waals surface area contributed by atoms with Gasteiger partial charge >= 0.3 is 0 Å². The number of hydrogen-bond acceptors (Lipinski definition) is 3. The quantitative estimate of drug-likeness (QED) is 0.831. The first kappa shape index (κ1) is 12.4. The molecule has 0 spiro atoms. The first-order chi connectivity index (χ1) is 8.23. The molecule has 2 rings (SSSR count). The van der Waals surface area contributed by atoms with Crippen molar-refractivity contribution < 1.29 is 9.84 Å². The van der Waals surface area contributed by atoms with E-state index in [-0.39, 0.29) is 12.1 Å². The van der Waals surface area contributed by atoms with Gasteiger partial charge in [0.15, 0.2) is 0 Å². The Kier molecular flexibility index (Phi) is 3.69. The number of aliphatic hydroxyl groups is 1. The molecule has 1 aromatic carbocycles. The van der Waals surface area contributed by atoms with Gasteiger partial charge in [0.1, 0.15) is 5.75 Å². The highest BCUT2D eigenvalue weighted by molar-refractivity contribution is 5.39. The third kappa shape index (κ3) is 2.45. The van der Waals surface area contributed by atoms with Crippen LogP contribution in [0.4, 0.5) is 0 Å². The van der Waals surface area contributed by atoms with Gasteiger partial charge in [0.05, 0.1) is 13.7 Å². The number of methoxy groups -OCH3 is 1. The van der Waals surface area contributed by atoms with Crippen LogP contribution in [0.15, 0.2) is 18.2 Å². The molecule has 1 aliphatic rings. The predicted molar refractivity (Wildman–Crippen MR) is 68.5 cm³/mol. The minimum absolute atomic E-state index is 0.145. The van der Waals surface area contributed by atoms with Gasteiger partial charge in [-0.3, -0.25) is 0 Å². The SMILES string of the molecule is CCNC1(CO)CCc2ccc(OC)cc2C1. The van der Waals surface area contributed by atoms with Crippen LogP contribution < -0.4 is 10.1 Å². The van der Waals surface area contributed by atoms with Crippen LogP contribution in [0.1, 0.15) is 24.5 Å².